The molecule has 0 aliphatic heterocycles. The first-order chi connectivity index (χ1) is 10.1. The lowest BCUT2D eigenvalue weighted by Gasteiger charge is -2.07. The number of hydrogen-bond donors (Lipinski definition) is 1. The second kappa shape index (κ2) is 6.39. The molecule has 0 bridgehead atoms. The molecular formula is C15H19N3O3. The number of nitroso groups, excluding NO2 is 1. The predicted octanol–water partition coefficient (Wildman–Crippen LogP) is 2.49. The molecule has 0 fully saturated rings. The van der Waals surface area contributed by atoms with E-state index in [9.17, 15) is 9.70 Å². The smallest absolute Gasteiger partial charge is 0.222 e. The van der Waals surface area contributed by atoms with E-state index in [0.717, 1.165) is 22.2 Å². The second-order valence-corrected chi connectivity index (χ2v) is 5.16. The van der Waals surface area contributed by atoms with Crippen LogP contribution < -0.4 is 10.1 Å². The van der Waals surface area contributed by atoms with E-state index in [-0.39, 0.29) is 11.8 Å². The lowest BCUT2D eigenvalue weighted by Crippen LogP contribution is -2.29. The highest BCUT2D eigenvalue weighted by atomic mass is 16.5. The number of nitrogens with one attached hydrogen (secondary N) is 1. The Labute approximate surface area is 123 Å². The summed E-state index contributed by atoms with van der Waals surface area (Å²) < 4.78 is 6.51. The number of amides is 1. The van der Waals surface area contributed by atoms with Gasteiger partial charge in [0.15, 0.2) is 0 Å². The summed E-state index contributed by atoms with van der Waals surface area (Å²) in [7, 11) is 1.60. The SMILES string of the molecule is COc1ccc2c(c1)c(CCNC(=O)C(C)C)cn2N=O. The summed E-state index contributed by atoms with van der Waals surface area (Å²) in [5.74, 6) is 0.700. The molecule has 6 heteroatoms. The summed E-state index contributed by atoms with van der Waals surface area (Å²) in [4.78, 5) is 22.4. The average Bonchev–Trinajstić information content (AvgIpc) is 2.84. The molecule has 0 aliphatic rings. The van der Waals surface area contributed by atoms with Crippen molar-refractivity contribution in [3.63, 3.8) is 0 Å². The van der Waals surface area contributed by atoms with Crippen LogP contribution in [0, 0.1) is 10.8 Å². The van der Waals surface area contributed by atoms with E-state index >= 15 is 0 Å². The zero-order valence-corrected chi connectivity index (χ0v) is 12.4. The highest BCUT2D eigenvalue weighted by Gasteiger charge is 2.11. The molecule has 0 spiro atoms. The fourth-order valence-corrected chi connectivity index (χ4v) is 2.18. The van der Waals surface area contributed by atoms with E-state index in [0.29, 0.717) is 13.0 Å². The van der Waals surface area contributed by atoms with Gasteiger partial charge < -0.3 is 10.1 Å². The number of carbonyl (C=O) groups is 1. The predicted molar refractivity (Wildman–Crippen MR) is 81.2 cm³/mol. The molecule has 1 heterocycles. The summed E-state index contributed by atoms with van der Waals surface area (Å²) in [6.45, 7) is 4.22. The first kappa shape index (κ1) is 15.0. The van der Waals surface area contributed by atoms with Gasteiger partial charge in [-0.25, -0.2) is 4.68 Å². The Balaban J connectivity index is 2.22. The zero-order chi connectivity index (χ0) is 15.4. The molecular weight excluding hydrogens is 270 g/mol. The fraction of sp³-hybridized carbons (Fsp3) is 0.400. The molecule has 1 N–H and O–H groups in total. The standard InChI is InChI=1S/C15H19N3O3/c1-10(2)15(19)16-7-6-11-9-18(17-20)14-5-4-12(21-3)8-13(11)14/h4-5,8-10H,6-7H2,1-3H3,(H,16,19). The summed E-state index contributed by atoms with van der Waals surface area (Å²) in [5, 5.41) is 6.76. The molecule has 2 rings (SSSR count). The number of hydrogen-bond acceptors (Lipinski definition) is 4. The number of methoxy groups -OCH3 is 1. The third-order valence-corrected chi connectivity index (χ3v) is 3.38. The summed E-state index contributed by atoms with van der Waals surface area (Å²) in [6.07, 6.45) is 2.32. The summed E-state index contributed by atoms with van der Waals surface area (Å²) in [6, 6.07) is 5.46. The average molecular weight is 289 g/mol. The number of ether oxygens (including phenoxy) is 1. The molecule has 6 nitrogen and oxygen atoms in total. The fourth-order valence-electron chi connectivity index (χ4n) is 2.18. The van der Waals surface area contributed by atoms with Gasteiger partial charge in [0.2, 0.25) is 5.91 Å². The summed E-state index contributed by atoms with van der Waals surface area (Å²) >= 11 is 0. The van der Waals surface area contributed by atoms with E-state index in [1.807, 2.05) is 19.9 Å². The highest BCUT2D eigenvalue weighted by molar-refractivity contribution is 5.85. The van der Waals surface area contributed by atoms with Gasteiger partial charge in [-0.05, 0) is 30.2 Å². The quantitative estimate of drug-likeness (QED) is 0.830. The van der Waals surface area contributed by atoms with Crippen molar-refractivity contribution < 1.29 is 9.53 Å². The van der Waals surface area contributed by atoms with Gasteiger partial charge >= 0.3 is 0 Å². The van der Waals surface area contributed by atoms with Crippen molar-refractivity contribution in [1.82, 2.24) is 9.99 Å². The van der Waals surface area contributed by atoms with E-state index in [4.69, 9.17) is 4.74 Å². The van der Waals surface area contributed by atoms with Crippen molar-refractivity contribution in [2.45, 2.75) is 20.3 Å². The number of rotatable bonds is 6. The summed E-state index contributed by atoms with van der Waals surface area (Å²) in [5.41, 5.74) is 1.68. The van der Waals surface area contributed by atoms with Crippen LogP contribution in [-0.4, -0.2) is 24.2 Å². The van der Waals surface area contributed by atoms with Crippen LogP contribution >= 0.6 is 0 Å². The van der Waals surface area contributed by atoms with Crippen molar-refractivity contribution in [2.75, 3.05) is 13.7 Å². The van der Waals surface area contributed by atoms with Gasteiger partial charge in [0.25, 0.3) is 0 Å². The molecule has 0 saturated carbocycles. The third-order valence-electron chi connectivity index (χ3n) is 3.38. The number of fused-ring (bicyclic) bond motifs is 1. The Kier molecular flexibility index (Phi) is 4.57. The molecule has 0 unspecified atom stereocenters. The van der Waals surface area contributed by atoms with Crippen LogP contribution in [0.15, 0.2) is 29.7 Å². The van der Waals surface area contributed by atoms with Gasteiger partial charge in [-0.1, -0.05) is 13.8 Å². The van der Waals surface area contributed by atoms with Crippen LogP contribution in [0.1, 0.15) is 19.4 Å². The second-order valence-electron chi connectivity index (χ2n) is 5.16. The minimum atomic E-state index is -0.0388. The van der Waals surface area contributed by atoms with Gasteiger partial charge in [0.05, 0.1) is 17.9 Å². The Morgan fingerprint density at radius 2 is 2.19 bits per heavy atom. The highest BCUT2D eigenvalue weighted by Crippen LogP contribution is 2.26. The van der Waals surface area contributed by atoms with Crippen LogP contribution in [0.25, 0.3) is 10.9 Å². The third kappa shape index (κ3) is 3.21. The van der Waals surface area contributed by atoms with Gasteiger partial charge in [0, 0.05) is 24.0 Å². The van der Waals surface area contributed by atoms with Crippen LogP contribution in [0.2, 0.25) is 0 Å². The van der Waals surface area contributed by atoms with E-state index in [1.165, 1.54) is 4.68 Å². The zero-order valence-electron chi connectivity index (χ0n) is 12.4. The molecule has 112 valence electrons. The topological polar surface area (TPSA) is 72.7 Å². The molecule has 0 atom stereocenters. The van der Waals surface area contributed by atoms with Crippen molar-refractivity contribution in [3.05, 3.63) is 34.9 Å². The first-order valence-electron chi connectivity index (χ1n) is 6.86. The van der Waals surface area contributed by atoms with Crippen molar-refractivity contribution in [3.8, 4) is 5.75 Å². The maximum Gasteiger partial charge on any atom is 0.222 e. The lowest BCUT2D eigenvalue weighted by molar-refractivity contribution is -0.123. The lowest BCUT2D eigenvalue weighted by atomic mass is 10.1. The number of carbonyl (C=O) groups excluding carboxylic acids is 1. The Bertz CT molecular complexity index is 661. The largest absolute Gasteiger partial charge is 0.497 e. The molecule has 1 aromatic heterocycles. The normalized spacial score (nSPS) is 10.9. The van der Waals surface area contributed by atoms with E-state index in [1.54, 1.807) is 25.4 Å². The number of nitrogens with zero attached hydrogens (tertiary/aromatic N) is 2. The first-order valence-corrected chi connectivity index (χ1v) is 6.86. The van der Waals surface area contributed by atoms with Gasteiger partial charge in [0.1, 0.15) is 5.75 Å². The molecule has 0 saturated heterocycles. The van der Waals surface area contributed by atoms with E-state index in [2.05, 4.69) is 10.6 Å². The number of aromatic nitrogens is 1. The molecule has 0 radical (unpaired) electrons. The van der Waals surface area contributed by atoms with Crippen LogP contribution in [-0.2, 0) is 11.2 Å². The molecule has 2 aromatic rings. The van der Waals surface area contributed by atoms with Crippen LogP contribution in [0.5, 0.6) is 5.75 Å². The molecule has 1 amide bonds. The minimum absolute atomic E-state index is 0.0184. The molecule has 1 aromatic carbocycles. The molecule has 21 heavy (non-hydrogen) atoms. The number of benzene rings is 1. The Hall–Kier alpha value is -2.37. The van der Waals surface area contributed by atoms with E-state index < -0.39 is 0 Å². The van der Waals surface area contributed by atoms with Crippen molar-refractivity contribution >= 4 is 16.8 Å². The Morgan fingerprint density at radius 3 is 2.81 bits per heavy atom. The van der Waals surface area contributed by atoms with Gasteiger partial charge in [-0.3, -0.25) is 4.79 Å². The monoisotopic (exact) mass is 289 g/mol. The maximum atomic E-state index is 11.6. The maximum absolute atomic E-state index is 11.6. The van der Waals surface area contributed by atoms with Gasteiger partial charge in [-0.2, -0.15) is 0 Å². The minimum Gasteiger partial charge on any atom is -0.497 e. The van der Waals surface area contributed by atoms with Crippen molar-refractivity contribution in [1.29, 1.82) is 0 Å². The Morgan fingerprint density at radius 1 is 1.43 bits per heavy atom. The van der Waals surface area contributed by atoms with Crippen molar-refractivity contribution in [2.24, 2.45) is 11.2 Å². The van der Waals surface area contributed by atoms with Crippen LogP contribution in [0.3, 0.4) is 0 Å². The molecule has 0 aliphatic carbocycles. The van der Waals surface area contributed by atoms with Gasteiger partial charge in [-0.15, -0.1) is 4.91 Å². The van der Waals surface area contributed by atoms with Crippen LogP contribution in [0.4, 0.5) is 0 Å².